The number of anilines is 1. The third-order valence-electron chi connectivity index (χ3n) is 3.74. The number of carbonyl (C=O) groups is 1. The van der Waals surface area contributed by atoms with Crippen molar-refractivity contribution in [3.05, 3.63) is 29.3 Å². The van der Waals surface area contributed by atoms with E-state index in [2.05, 4.69) is 25.2 Å². The summed E-state index contributed by atoms with van der Waals surface area (Å²) in [5.41, 5.74) is 2.91. The van der Waals surface area contributed by atoms with Crippen LogP contribution in [-0.4, -0.2) is 29.9 Å². The maximum atomic E-state index is 12.8. The Morgan fingerprint density at radius 2 is 1.80 bits per heavy atom. The Morgan fingerprint density at radius 1 is 1.15 bits per heavy atom. The number of likely N-dealkylation sites (tertiary alicyclic amines) is 1. The summed E-state index contributed by atoms with van der Waals surface area (Å²) in [6.45, 7) is 8.03. The van der Waals surface area contributed by atoms with Gasteiger partial charge >= 0.3 is 0 Å². The Hall–Kier alpha value is -1.51. The van der Waals surface area contributed by atoms with Crippen LogP contribution >= 0.6 is 0 Å². The summed E-state index contributed by atoms with van der Waals surface area (Å²) in [5, 5.41) is 3.39. The van der Waals surface area contributed by atoms with E-state index < -0.39 is 0 Å². The number of aryl methyl sites for hydroxylation is 1. The van der Waals surface area contributed by atoms with E-state index in [1.807, 2.05) is 24.0 Å². The van der Waals surface area contributed by atoms with Gasteiger partial charge in [-0.3, -0.25) is 4.79 Å². The van der Waals surface area contributed by atoms with Crippen molar-refractivity contribution in [2.45, 2.75) is 52.5 Å². The minimum Gasteiger partial charge on any atom is -0.382 e. The molecule has 20 heavy (non-hydrogen) atoms. The standard InChI is InChI=1S/C17H26N2O/c1-13(2)18-16-9-8-14(3)12-15(16)17(20)19-10-6-4-5-7-11-19/h8-9,12-13,18H,4-7,10-11H2,1-3H3. The van der Waals surface area contributed by atoms with E-state index in [-0.39, 0.29) is 5.91 Å². The van der Waals surface area contributed by atoms with Crippen LogP contribution in [0.3, 0.4) is 0 Å². The zero-order valence-corrected chi connectivity index (χ0v) is 12.9. The molecule has 0 spiro atoms. The van der Waals surface area contributed by atoms with Crippen molar-refractivity contribution in [1.29, 1.82) is 0 Å². The van der Waals surface area contributed by atoms with Crippen LogP contribution < -0.4 is 5.32 Å². The quantitative estimate of drug-likeness (QED) is 0.908. The smallest absolute Gasteiger partial charge is 0.255 e. The number of benzene rings is 1. The number of hydrogen-bond donors (Lipinski definition) is 1. The van der Waals surface area contributed by atoms with E-state index in [1.165, 1.54) is 12.8 Å². The molecule has 2 rings (SSSR count). The second kappa shape index (κ2) is 6.78. The van der Waals surface area contributed by atoms with Crippen molar-refractivity contribution in [2.24, 2.45) is 0 Å². The van der Waals surface area contributed by atoms with Crippen LogP contribution in [0.1, 0.15) is 55.5 Å². The van der Waals surface area contributed by atoms with Crippen LogP contribution in [-0.2, 0) is 0 Å². The van der Waals surface area contributed by atoms with Crippen LogP contribution in [0.4, 0.5) is 5.69 Å². The fraction of sp³-hybridized carbons (Fsp3) is 0.588. The molecule has 0 bridgehead atoms. The highest BCUT2D eigenvalue weighted by atomic mass is 16.2. The van der Waals surface area contributed by atoms with Crippen molar-refractivity contribution >= 4 is 11.6 Å². The van der Waals surface area contributed by atoms with Crippen LogP contribution in [0.2, 0.25) is 0 Å². The SMILES string of the molecule is Cc1ccc(NC(C)C)c(C(=O)N2CCCCCC2)c1. The van der Waals surface area contributed by atoms with Gasteiger partial charge in [0.1, 0.15) is 0 Å². The zero-order valence-electron chi connectivity index (χ0n) is 12.9. The summed E-state index contributed by atoms with van der Waals surface area (Å²) >= 11 is 0. The van der Waals surface area contributed by atoms with E-state index in [0.29, 0.717) is 6.04 Å². The average molecular weight is 274 g/mol. The number of nitrogens with zero attached hydrogens (tertiary/aromatic N) is 1. The molecule has 110 valence electrons. The minimum atomic E-state index is 0.179. The third-order valence-corrected chi connectivity index (χ3v) is 3.74. The molecular weight excluding hydrogens is 248 g/mol. The highest BCUT2D eigenvalue weighted by molar-refractivity contribution is 5.99. The summed E-state index contributed by atoms with van der Waals surface area (Å²) in [7, 11) is 0. The van der Waals surface area contributed by atoms with Gasteiger partial charge in [-0.05, 0) is 45.7 Å². The predicted molar refractivity (Wildman–Crippen MR) is 84.3 cm³/mol. The lowest BCUT2D eigenvalue weighted by atomic mass is 10.1. The molecule has 0 aliphatic carbocycles. The van der Waals surface area contributed by atoms with Crippen molar-refractivity contribution in [2.75, 3.05) is 18.4 Å². The molecule has 0 saturated carbocycles. The molecule has 1 amide bonds. The number of hydrogen-bond acceptors (Lipinski definition) is 2. The molecule has 1 aliphatic heterocycles. The fourth-order valence-corrected chi connectivity index (χ4v) is 2.72. The Balaban J connectivity index is 2.24. The summed E-state index contributed by atoms with van der Waals surface area (Å²) < 4.78 is 0. The molecule has 1 fully saturated rings. The Bertz CT molecular complexity index is 460. The maximum Gasteiger partial charge on any atom is 0.255 e. The average Bonchev–Trinajstić information content (AvgIpc) is 2.68. The number of amides is 1. The largest absolute Gasteiger partial charge is 0.382 e. The summed E-state index contributed by atoms with van der Waals surface area (Å²) in [5.74, 6) is 0.179. The lowest BCUT2D eigenvalue weighted by Crippen LogP contribution is -2.32. The first-order chi connectivity index (χ1) is 9.58. The second-order valence-electron chi connectivity index (χ2n) is 6.05. The normalized spacial score (nSPS) is 16.1. The highest BCUT2D eigenvalue weighted by Gasteiger charge is 2.20. The van der Waals surface area contributed by atoms with Gasteiger partial charge in [-0.2, -0.15) is 0 Å². The zero-order chi connectivity index (χ0) is 14.5. The van der Waals surface area contributed by atoms with E-state index in [4.69, 9.17) is 0 Å². The van der Waals surface area contributed by atoms with Gasteiger partial charge in [0.05, 0.1) is 5.56 Å². The van der Waals surface area contributed by atoms with Gasteiger partial charge in [-0.1, -0.05) is 24.5 Å². The Morgan fingerprint density at radius 3 is 2.40 bits per heavy atom. The van der Waals surface area contributed by atoms with Gasteiger partial charge < -0.3 is 10.2 Å². The molecule has 1 heterocycles. The predicted octanol–water partition coefficient (Wildman–Crippen LogP) is 3.83. The van der Waals surface area contributed by atoms with E-state index in [0.717, 1.165) is 42.7 Å². The fourth-order valence-electron chi connectivity index (χ4n) is 2.72. The van der Waals surface area contributed by atoms with E-state index in [1.54, 1.807) is 0 Å². The third kappa shape index (κ3) is 3.75. The van der Waals surface area contributed by atoms with Gasteiger partial charge in [0.25, 0.3) is 5.91 Å². The molecule has 1 aromatic rings. The number of nitrogens with one attached hydrogen (secondary N) is 1. The molecule has 3 heteroatoms. The monoisotopic (exact) mass is 274 g/mol. The van der Waals surface area contributed by atoms with Crippen LogP contribution in [0, 0.1) is 6.92 Å². The molecule has 1 aromatic carbocycles. The first-order valence-electron chi connectivity index (χ1n) is 7.74. The maximum absolute atomic E-state index is 12.8. The van der Waals surface area contributed by atoms with Crippen molar-refractivity contribution in [1.82, 2.24) is 4.90 Å². The van der Waals surface area contributed by atoms with Gasteiger partial charge in [0, 0.05) is 24.8 Å². The van der Waals surface area contributed by atoms with Crippen LogP contribution in [0.25, 0.3) is 0 Å². The number of rotatable bonds is 3. The van der Waals surface area contributed by atoms with E-state index in [9.17, 15) is 4.79 Å². The summed E-state index contributed by atoms with van der Waals surface area (Å²) in [6, 6.07) is 6.43. The summed E-state index contributed by atoms with van der Waals surface area (Å²) in [6.07, 6.45) is 4.75. The molecule has 0 aromatic heterocycles. The van der Waals surface area contributed by atoms with Crippen molar-refractivity contribution in [3.8, 4) is 0 Å². The second-order valence-corrected chi connectivity index (χ2v) is 6.05. The molecule has 1 saturated heterocycles. The first kappa shape index (κ1) is 14.9. The lowest BCUT2D eigenvalue weighted by Gasteiger charge is -2.23. The Kier molecular flexibility index (Phi) is 5.05. The topological polar surface area (TPSA) is 32.3 Å². The molecule has 0 unspecified atom stereocenters. The molecular formula is C17H26N2O. The van der Waals surface area contributed by atoms with Gasteiger partial charge in [-0.15, -0.1) is 0 Å². The van der Waals surface area contributed by atoms with Gasteiger partial charge in [-0.25, -0.2) is 0 Å². The molecule has 1 aliphatic rings. The highest BCUT2D eigenvalue weighted by Crippen LogP contribution is 2.22. The van der Waals surface area contributed by atoms with Crippen LogP contribution in [0.5, 0.6) is 0 Å². The lowest BCUT2D eigenvalue weighted by molar-refractivity contribution is 0.0762. The molecule has 0 radical (unpaired) electrons. The van der Waals surface area contributed by atoms with Crippen LogP contribution in [0.15, 0.2) is 18.2 Å². The number of carbonyl (C=O) groups excluding carboxylic acids is 1. The minimum absolute atomic E-state index is 0.179. The van der Waals surface area contributed by atoms with Gasteiger partial charge in [0.2, 0.25) is 0 Å². The van der Waals surface area contributed by atoms with Gasteiger partial charge in [0.15, 0.2) is 0 Å². The first-order valence-corrected chi connectivity index (χ1v) is 7.74. The summed E-state index contributed by atoms with van der Waals surface area (Å²) in [4.78, 5) is 14.8. The molecule has 3 nitrogen and oxygen atoms in total. The molecule has 1 N–H and O–H groups in total. The Labute approximate surface area is 122 Å². The molecule has 0 atom stereocenters. The van der Waals surface area contributed by atoms with E-state index >= 15 is 0 Å². The van der Waals surface area contributed by atoms with Crippen molar-refractivity contribution in [3.63, 3.8) is 0 Å². The van der Waals surface area contributed by atoms with Crippen molar-refractivity contribution < 1.29 is 4.79 Å².